The van der Waals surface area contributed by atoms with Crippen molar-refractivity contribution in [2.75, 3.05) is 6.61 Å². The van der Waals surface area contributed by atoms with Crippen LogP contribution >= 0.6 is 0 Å². The molecule has 0 aromatic carbocycles. The SMILES string of the molecule is CCCCCC=C[C@H](C)CCCO. The second-order valence-corrected chi connectivity index (χ2v) is 3.77. The van der Waals surface area contributed by atoms with E-state index >= 15 is 0 Å². The smallest absolute Gasteiger partial charge is 0.0431 e. The van der Waals surface area contributed by atoms with Crippen molar-refractivity contribution in [1.82, 2.24) is 0 Å². The van der Waals surface area contributed by atoms with Gasteiger partial charge < -0.3 is 5.11 Å². The minimum Gasteiger partial charge on any atom is -0.396 e. The molecule has 0 spiro atoms. The number of aliphatic hydroxyl groups excluding tert-OH is 1. The third-order valence-corrected chi connectivity index (χ3v) is 2.26. The fourth-order valence-electron chi connectivity index (χ4n) is 1.35. The summed E-state index contributed by atoms with van der Waals surface area (Å²) in [4.78, 5) is 0. The van der Waals surface area contributed by atoms with Crippen molar-refractivity contribution < 1.29 is 5.11 Å². The molecular weight excluding hydrogens is 160 g/mol. The summed E-state index contributed by atoms with van der Waals surface area (Å²) in [5.74, 6) is 0.633. The predicted octanol–water partition coefficient (Wildman–Crippen LogP) is 3.53. The second kappa shape index (κ2) is 9.79. The first-order valence-electron chi connectivity index (χ1n) is 5.58. The summed E-state index contributed by atoms with van der Waals surface area (Å²) in [5, 5.41) is 8.63. The lowest BCUT2D eigenvalue weighted by Gasteiger charge is -2.03. The Hall–Kier alpha value is -0.300. The molecule has 13 heavy (non-hydrogen) atoms. The summed E-state index contributed by atoms with van der Waals surface area (Å²) in [5.41, 5.74) is 0. The molecule has 0 aliphatic rings. The van der Waals surface area contributed by atoms with Crippen molar-refractivity contribution in [3.8, 4) is 0 Å². The maximum absolute atomic E-state index is 8.63. The van der Waals surface area contributed by atoms with Gasteiger partial charge in [0.05, 0.1) is 0 Å². The zero-order valence-corrected chi connectivity index (χ0v) is 9.13. The van der Waals surface area contributed by atoms with Crippen molar-refractivity contribution in [1.29, 1.82) is 0 Å². The van der Waals surface area contributed by atoms with Crippen LogP contribution in [-0.4, -0.2) is 11.7 Å². The molecule has 0 radical (unpaired) electrons. The molecule has 0 fully saturated rings. The van der Waals surface area contributed by atoms with Gasteiger partial charge in [-0.2, -0.15) is 0 Å². The van der Waals surface area contributed by atoms with Crippen LogP contribution in [0.2, 0.25) is 0 Å². The van der Waals surface area contributed by atoms with Crippen molar-refractivity contribution in [2.45, 2.75) is 52.4 Å². The maximum atomic E-state index is 8.63. The van der Waals surface area contributed by atoms with Crippen molar-refractivity contribution >= 4 is 0 Å². The molecule has 0 aliphatic carbocycles. The third-order valence-electron chi connectivity index (χ3n) is 2.26. The van der Waals surface area contributed by atoms with E-state index in [1.807, 2.05) is 0 Å². The van der Waals surface area contributed by atoms with Crippen LogP contribution in [0.5, 0.6) is 0 Å². The van der Waals surface area contributed by atoms with E-state index in [-0.39, 0.29) is 0 Å². The Morgan fingerprint density at radius 2 is 2.00 bits per heavy atom. The van der Waals surface area contributed by atoms with Gasteiger partial charge in [0, 0.05) is 6.61 Å². The van der Waals surface area contributed by atoms with Gasteiger partial charge in [0.15, 0.2) is 0 Å². The fraction of sp³-hybridized carbons (Fsp3) is 0.833. The van der Waals surface area contributed by atoms with E-state index < -0.39 is 0 Å². The van der Waals surface area contributed by atoms with Crippen LogP contribution in [0.15, 0.2) is 12.2 Å². The van der Waals surface area contributed by atoms with Crippen molar-refractivity contribution in [3.63, 3.8) is 0 Å². The highest BCUT2D eigenvalue weighted by Gasteiger charge is 1.94. The van der Waals surface area contributed by atoms with Gasteiger partial charge in [0.1, 0.15) is 0 Å². The van der Waals surface area contributed by atoms with E-state index in [9.17, 15) is 0 Å². The molecule has 0 aliphatic heterocycles. The average molecular weight is 184 g/mol. The summed E-state index contributed by atoms with van der Waals surface area (Å²) in [6, 6.07) is 0. The first kappa shape index (κ1) is 12.7. The molecule has 1 heteroatoms. The molecule has 0 amide bonds. The monoisotopic (exact) mass is 184 g/mol. The number of rotatable bonds is 8. The summed E-state index contributed by atoms with van der Waals surface area (Å²) in [6.45, 7) is 4.77. The topological polar surface area (TPSA) is 20.2 Å². The van der Waals surface area contributed by atoms with Gasteiger partial charge in [-0.3, -0.25) is 0 Å². The minimum atomic E-state index is 0.327. The van der Waals surface area contributed by atoms with Crippen LogP contribution in [0.3, 0.4) is 0 Å². The van der Waals surface area contributed by atoms with Gasteiger partial charge in [0.25, 0.3) is 0 Å². The summed E-state index contributed by atoms with van der Waals surface area (Å²) < 4.78 is 0. The molecule has 1 N–H and O–H groups in total. The Morgan fingerprint density at radius 3 is 2.62 bits per heavy atom. The Morgan fingerprint density at radius 1 is 1.23 bits per heavy atom. The molecule has 0 bridgehead atoms. The van der Waals surface area contributed by atoms with Crippen LogP contribution in [0.25, 0.3) is 0 Å². The minimum absolute atomic E-state index is 0.327. The van der Waals surface area contributed by atoms with Gasteiger partial charge >= 0.3 is 0 Å². The van der Waals surface area contributed by atoms with E-state index in [4.69, 9.17) is 5.11 Å². The average Bonchev–Trinajstić information content (AvgIpc) is 2.14. The number of allylic oxidation sites excluding steroid dienone is 2. The Kier molecular flexibility index (Phi) is 9.56. The van der Waals surface area contributed by atoms with Gasteiger partial charge in [-0.25, -0.2) is 0 Å². The summed E-state index contributed by atoms with van der Waals surface area (Å²) in [6.07, 6.45) is 11.8. The lowest BCUT2D eigenvalue weighted by atomic mass is 10.0. The molecule has 1 atom stereocenters. The van der Waals surface area contributed by atoms with Gasteiger partial charge in [-0.05, 0) is 31.6 Å². The zero-order valence-electron chi connectivity index (χ0n) is 9.13. The van der Waals surface area contributed by atoms with E-state index in [1.54, 1.807) is 0 Å². The maximum Gasteiger partial charge on any atom is 0.0431 e. The van der Waals surface area contributed by atoms with Gasteiger partial charge in [-0.1, -0.05) is 38.8 Å². The van der Waals surface area contributed by atoms with Gasteiger partial charge in [-0.15, -0.1) is 0 Å². The number of hydrogen-bond acceptors (Lipinski definition) is 1. The predicted molar refractivity (Wildman–Crippen MR) is 58.8 cm³/mol. The number of hydrogen-bond donors (Lipinski definition) is 1. The summed E-state index contributed by atoms with van der Waals surface area (Å²) >= 11 is 0. The van der Waals surface area contributed by atoms with E-state index in [2.05, 4.69) is 26.0 Å². The second-order valence-electron chi connectivity index (χ2n) is 3.77. The molecule has 1 nitrogen and oxygen atoms in total. The van der Waals surface area contributed by atoms with E-state index in [0.29, 0.717) is 12.5 Å². The highest BCUT2D eigenvalue weighted by Crippen LogP contribution is 2.08. The first-order chi connectivity index (χ1) is 6.31. The highest BCUT2D eigenvalue weighted by atomic mass is 16.2. The molecule has 0 aromatic rings. The molecule has 0 saturated heterocycles. The molecular formula is C12H24O. The van der Waals surface area contributed by atoms with E-state index in [1.165, 1.54) is 25.7 Å². The van der Waals surface area contributed by atoms with Crippen LogP contribution in [0, 0.1) is 5.92 Å². The van der Waals surface area contributed by atoms with Gasteiger partial charge in [0.2, 0.25) is 0 Å². The number of unbranched alkanes of at least 4 members (excludes halogenated alkanes) is 3. The summed E-state index contributed by atoms with van der Waals surface area (Å²) in [7, 11) is 0. The van der Waals surface area contributed by atoms with Crippen LogP contribution in [0.4, 0.5) is 0 Å². The van der Waals surface area contributed by atoms with Crippen LogP contribution in [0.1, 0.15) is 52.4 Å². The quantitative estimate of drug-likeness (QED) is 0.452. The lowest BCUT2D eigenvalue weighted by molar-refractivity contribution is 0.279. The zero-order chi connectivity index (χ0) is 9.94. The van der Waals surface area contributed by atoms with Crippen LogP contribution in [-0.2, 0) is 0 Å². The molecule has 0 saturated carbocycles. The van der Waals surface area contributed by atoms with Crippen molar-refractivity contribution in [2.24, 2.45) is 5.92 Å². The standard InChI is InChI=1S/C12H24O/c1-3-4-5-6-7-9-12(2)10-8-11-13/h7,9,12-13H,3-6,8,10-11H2,1-2H3/t12-/m0/s1. The third kappa shape index (κ3) is 9.62. The van der Waals surface area contributed by atoms with Crippen molar-refractivity contribution in [3.05, 3.63) is 12.2 Å². The Labute approximate surface area is 82.9 Å². The molecule has 78 valence electrons. The molecule has 0 rings (SSSR count). The highest BCUT2D eigenvalue weighted by molar-refractivity contribution is 4.86. The molecule has 0 heterocycles. The lowest BCUT2D eigenvalue weighted by Crippen LogP contribution is -1.92. The first-order valence-corrected chi connectivity index (χ1v) is 5.58. The molecule has 0 aromatic heterocycles. The largest absolute Gasteiger partial charge is 0.396 e. The molecule has 0 unspecified atom stereocenters. The van der Waals surface area contributed by atoms with E-state index in [0.717, 1.165) is 12.8 Å². The fourth-order valence-corrected chi connectivity index (χ4v) is 1.35. The normalized spacial score (nSPS) is 13.8. The Bertz CT molecular complexity index is 118. The number of aliphatic hydroxyl groups is 1. The Balaban J connectivity index is 3.25. The van der Waals surface area contributed by atoms with Crippen LogP contribution < -0.4 is 0 Å².